The van der Waals surface area contributed by atoms with Crippen LogP contribution in [0.3, 0.4) is 0 Å². The molecule has 0 atom stereocenters. The van der Waals surface area contributed by atoms with E-state index in [2.05, 4.69) is 22.4 Å². The van der Waals surface area contributed by atoms with E-state index in [-0.39, 0.29) is 5.82 Å². The number of aryl methyl sites for hydroxylation is 1. The van der Waals surface area contributed by atoms with Gasteiger partial charge in [0.05, 0.1) is 0 Å². The predicted molar refractivity (Wildman–Crippen MR) is 67.0 cm³/mol. The van der Waals surface area contributed by atoms with Crippen molar-refractivity contribution < 1.29 is 4.39 Å². The van der Waals surface area contributed by atoms with Gasteiger partial charge < -0.3 is 4.90 Å². The summed E-state index contributed by atoms with van der Waals surface area (Å²) in [7, 11) is 2.12. The van der Waals surface area contributed by atoms with Gasteiger partial charge in [-0.3, -0.25) is 5.43 Å². The van der Waals surface area contributed by atoms with Crippen molar-refractivity contribution in [3.63, 3.8) is 0 Å². The molecular weight excluding hydrogens is 217 g/mol. The molecule has 1 aliphatic heterocycles. The Balaban J connectivity index is 1.87. The average molecular weight is 237 g/mol. The molecule has 1 aromatic rings. The van der Waals surface area contributed by atoms with Crippen LogP contribution in [0.4, 0.5) is 4.39 Å². The summed E-state index contributed by atoms with van der Waals surface area (Å²) >= 11 is 0. The summed E-state index contributed by atoms with van der Waals surface area (Å²) in [4.78, 5) is 2.30. The normalized spacial score (nSPS) is 18.5. The molecule has 0 unspecified atom stereocenters. The first-order valence-electron chi connectivity index (χ1n) is 6.07. The van der Waals surface area contributed by atoms with Gasteiger partial charge in [0, 0.05) is 38.3 Å². The van der Waals surface area contributed by atoms with Gasteiger partial charge in [0.25, 0.3) is 0 Å². The number of nitrogens with zero attached hydrogens (tertiary/aromatic N) is 2. The summed E-state index contributed by atoms with van der Waals surface area (Å²) in [5.41, 5.74) is 5.13. The molecule has 0 aromatic heterocycles. The highest BCUT2D eigenvalue weighted by atomic mass is 19.1. The van der Waals surface area contributed by atoms with Crippen LogP contribution in [-0.4, -0.2) is 43.1 Å². The van der Waals surface area contributed by atoms with E-state index in [1.807, 2.05) is 13.0 Å². The number of halogens is 1. The third-order valence-corrected chi connectivity index (χ3v) is 3.20. The van der Waals surface area contributed by atoms with Gasteiger partial charge in [-0.05, 0) is 20.0 Å². The minimum absolute atomic E-state index is 0.128. The molecule has 3 nitrogen and oxygen atoms in total. The highest BCUT2D eigenvalue weighted by molar-refractivity contribution is 5.23. The first kappa shape index (κ1) is 12.5. The molecular formula is C13H20FN3. The largest absolute Gasteiger partial charge is 0.304 e. The molecule has 0 spiro atoms. The van der Waals surface area contributed by atoms with Crippen LogP contribution in [0.25, 0.3) is 0 Å². The van der Waals surface area contributed by atoms with E-state index in [1.165, 1.54) is 6.07 Å². The maximum Gasteiger partial charge on any atom is 0.127 e. The number of nitrogens with one attached hydrogen (secondary N) is 1. The lowest BCUT2D eigenvalue weighted by Crippen LogP contribution is -2.50. The van der Waals surface area contributed by atoms with Crippen LogP contribution < -0.4 is 5.43 Å². The predicted octanol–water partition coefficient (Wildman–Crippen LogP) is 1.39. The van der Waals surface area contributed by atoms with Gasteiger partial charge in [0.1, 0.15) is 5.82 Å². The molecule has 1 aromatic carbocycles. The van der Waals surface area contributed by atoms with Crippen molar-refractivity contribution in [2.24, 2.45) is 0 Å². The third-order valence-electron chi connectivity index (χ3n) is 3.20. The van der Waals surface area contributed by atoms with Crippen LogP contribution in [0.1, 0.15) is 11.1 Å². The van der Waals surface area contributed by atoms with Gasteiger partial charge in [-0.2, -0.15) is 0 Å². The second-order valence-electron chi connectivity index (χ2n) is 4.72. The van der Waals surface area contributed by atoms with E-state index in [4.69, 9.17) is 0 Å². The molecule has 17 heavy (non-hydrogen) atoms. The zero-order valence-electron chi connectivity index (χ0n) is 10.5. The van der Waals surface area contributed by atoms with Gasteiger partial charge >= 0.3 is 0 Å². The molecule has 94 valence electrons. The molecule has 0 aliphatic carbocycles. The average Bonchev–Trinajstić information content (AvgIpc) is 2.32. The zero-order valence-corrected chi connectivity index (χ0v) is 10.5. The number of benzene rings is 1. The first-order valence-corrected chi connectivity index (χ1v) is 6.07. The molecule has 4 heteroatoms. The van der Waals surface area contributed by atoms with Crippen molar-refractivity contribution in [1.82, 2.24) is 15.3 Å². The summed E-state index contributed by atoms with van der Waals surface area (Å²) in [5.74, 6) is -0.128. The van der Waals surface area contributed by atoms with Gasteiger partial charge in [-0.1, -0.05) is 17.7 Å². The van der Waals surface area contributed by atoms with Crippen molar-refractivity contribution >= 4 is 0 Å². The summed E-state index contributed by atoms with van der Waals surface area (Å²) in [6.07, 6.45) is 0. The fraction of sp³-hybridized carbons (Fsp3) is 0.538. The van der Waals surface area contributed by atoms with Gasteiger partial charge in [-0.25, -0.2) is 9.40 Å². The Bertz CT molecular complexity index is 373. The van der Waals surface area contributed by atoms with Gasteiger partial charge in [-0.15, -0.1) is 0 Å². The molecule has 0 saturated carbocycles. The Labute approximate surface area is 102 Å². The second kappa shape index (κ2) is 5.58. The lowest BCUT2D eigenvalue weighted by Gasteiger charge is -2.32. The monoisotopic (exact) mass is 237 g/mol. The van der Waals surface area contributed by atoms with Gasteiger partial charge in [0.2, 0.25) is 0 Å². The standard InChI is InChI=1S/C13H20FN3/c1-11-3-4-13(14)12(9-11)10-15-17-7-5-16(2)6-8-17/h3-4,9,15H,5-8,10H2,1-2H3. The first-order chi connectivity index (χ1) is 8.15. The SMILES string of the molecule is Cc1ccc(F)c(CNN2CCN(C)CC2)c1. The van der Waals surface area contributed by atoms with E-state index >= 15 is 0 Å². The van der Waals surface area contributed by atoms with E-state index < -0.39 is 0 Å². The number of hydrazine groups is 1. The third kappa shape index (κ3) is 3.49. The molecule has 0 amide bonds. The summed E-state index contributed by atoms with van der Waals surface area (Å²) in [6.45, 7) is 6.65. The van der Waals surface area contributed by atoms with E-state index in [9.17, 15) is 4.39 Å². The quantitative estimate of drug-likeness (QED) is 0.857. The highest BCUT2D eigenvalue weighted by Crippen LogP contribution is 2.10. The molecule has 1 aliphatic rings. The number of hydrogen-bond donors (Lipinski definition) is 1. The van der Waals surface area contributed by atoms with E-state index in [1.54, 1.807) is 6.07 Å². The van der Waals surface area contributed by atoms with Crippen molar-refractivity contribution in [2.45, 2.75) is 13.5 Å². The minimum Gasteiger partial charge on any atom is -0.304 e. The van der Waals surface area contributed by atoms with E-state index in [0.29, 0.717) is 6.54 Å². The van der Waals surface area contributed by atoms with Crippen LogP contribution >= 0.6 is 0 Å². The van der Waals surface area contributed by atoms with E-state index in [0.717, 1.165) is 37.3 Å². The number of rotatable bonds is 3. The maximum atomic E-state index is 13.5. The Kier molecular flexibility index (Phi) is 4.10. The molecule has 0 radical (unpaired) electrons. The van der Waals surface area contributed by atoms with Crippen molar-refractivity contribution in [2.75, 3.05) is 33.2 Å². The summed E-state index contributed by atoms with van der Waals surface area (Å²) < 4.78 is 13.5. The Morgan fingerprint density at radius 2 is 1.94 bits per heavy atom. The van der Waals surface area contributed by atoms with Gasteiger partial charge in [0.15, 0.2) is 0 Å². The molecule has 1 N–H and O–H groups in total. The van der Waals surface area contributed by atoms with Crippen molar-refractivity contribution in [3.8, 4) is 0 Å². The van der Waals surface area contributed by atoms with Crippen molar-refractivity contribution in [1.29, 1.82) is 0 Å². The molecule has 1 heterocycles. The lowest BCUT2D eigenvalue weighted by atomic mass is 10.1. The smallest absolute Gasteiger partial charge is 0.127 e. The lowest BCUT2D eigenvalue weighted by molar-refractivity contribution is 0.102. The minimum atomic E-state index is -0.128. The molecule has 1 fully saturated rings. The maximum absolute atomic E-state index is 13.5. The molecule has 0 bridgehead atoms. The van der Waals surface area contributed by atoms with Crippen LogP contribution in [0.5, 0.6) is 0 Å². The fourth-order valence-corrected chi connectivity index (χ4v) is 2.00. The Morgan fingerprint density at radius 3 is 2.65 bits per heavy atom. The number of piperazine rings is 1. The topological polar surface area (TPSA) is 18.5 Å². The Hall–Kier alpha value is -0.970. The summed E-state index contributed by atoms with van der Waals surface area (Å²) in [5, 5.41) is 2.17. The zero-order chi connectivity index (χ0) is 12.3. The van der Waals surface area contributed by atoms with Crippen LogP contribution in [0.15, 0.2) is 18.2 Å². The van der Waals surface area contributed by atoms with Crippen LogP contribution in [-0.2, 0) is 6.54 Å². The molecule has 1 saturated heterocycles. The highest BCUT2D eigenvalue weighted by Gasteiger charge is 2.13. The Morgan fingerprint density at radius 1 is 1.24 bits per heavy atom. The van der Waals surface area contributed by atoms with Crippen LogP contribution in [0, 0.1) is 12.7 Å². The molecule has 2 rings (SSSR count). The van der Waals surface area contributed by atoms with Crippen LogP contribution in [0.2, 0.25) is 0 Å². The second-order valence-corrected chi connectivity index (χ2v) is 4.72. The summed E-state index contributed by atoms with van der Waals surface area (Å²) in [6, 6.07) is 5.24. The number of likely N-dealkylation sites (N-methyl/N-ethyl adjacent to an activating group) is 1. The number of hydrogen-bond acceptors (Lipinski definition) is 3. The van der Waals surface area contributed by atoms with Crippen molar-refractivity contribution in [3.05, 3.63) is 35.1 Å². The fourth-order valence-electron chi connectivity index (χ4n) is 2.00.